The van der Waals surface area contributed by atoms with Gasteiger partial charge in [0, 0.05) is 17.3 Å². The van der Waals surface area contributed by atoms with Crippen LogP contribution in [0.4, 0.5) is 5.69 Å². The number of hydrogen-bond acceptors (Lipinski definition) is 4. The number of sulfone groups is 1. The first-order valence-electron chi connectivity index (χ1n) is 7.85. The van der Waals surface area contributed by atoms with E-state index in [1.807, 2.05) is 18.2 Å². The van der Waals surface area contributed by atoms with Gasteiger partial charge in [-0.15, -0.1) is 0 Å². The second-order valence-electron chi connectivity index (χ2n) is 5.98. The molecule has 1 aromatic heterocycles. The van der Waals surface area contributed by atoms with Crippen LogP contribution in [-0.2, 0) is 14.6 Å². The largest absolute Gasteiger partial charge is 0.323 e. The maximum atomic E-state index is 12.0. The minimum atomic E-state index is -3.03. The van der Waals surface area contributed by atoms with Crippen LogP contribution < -0.4 is 5.32 Å². The third-order valence-corrected chi connectivity index (χ3v) is 6.20. The van der Waals surface area contributed by atoms with Crippen molar-refractivity contribution in [3.05, 3.63) is 52.8 Å². The molecule has 1 aliphatic rings. The van der Waals surface area contributed by atoms with Crippen molar-refractivity contribution in [3.8, 4) is 0 Å². The molecule has 0 unspecified atom stereocenters. The fraction of sp³-hybridized carbons (Fsp3) is 0.294. The van der Waals surface area contributed by atoms with Crippen molar-refractivity contribution in [1.82, 2.24) is 9.78 Å². The van der Waals surface area contributed by atoms with Crippen LogP contribution in [0.1, 0.15) is 23.7 Å². The molecule has 1 atom stereocenters. The molecule has 2 heterocycles. The van der Waals surface area contributed by atoms with Crippen LogP contribution in [0, 0.1) is 6.92 Å². The molecule has 8 heteroatoms. The van der Waals surface area contributed by atoms with E-state index in [2.05, 4.69) is 10.4 Å². The number of hydrogen-bond donors (Lipinski definition) is 1. The molecule has 0 bridgehead atoms. The van der Waals surface area contributed by atoms with Crippen molar-refractivity contribution >= 4 is 39.1 Å². The number of amides is 1. The quantitative estimate of drug-likeness (QED) is 0.828. The van der Waals surface area contributed by atoms with E-state index < -0.39 is 9.84 Å². The van der Waals surface area contributed by atoms with Gasteiger partial charge < -0.3 is 5.32 Å². The molecule has 0 radical (unpaired) electrons. The zero-order valence-electron chi connectivity index (χ0n) is 13.6. The Kier molecular flexibility index (Phi) is 4.96. The minimum absolute atomic E-state index is 0.0471. The summed E-state index contributed by atoms with van der Waals surface area (Å²) in [5, 5.41) is 7.46. The Morgan fingerprint density at radius 3 is 2.72 bits per heavy atom. The highest BCUT2D eigenvalue weighted by Gasteiger charge is 2.31. The highest BCUT2D eigenvalue weighted by molar-refractivity contribution is 7.91. The van der Waals surface area contributed by atoms with Gasteiger partial charge in [-0.2, -0.15) is 5.10 Å². The predicted molar refractivity (Wildman–Crippen MR) is 98.4 cm³/mol. The molecule has 25 heavy (non-hydrogen) atoms. The van der Waals surface area contributed by atoms with Crippen molar-refractivity contribution in [2.45, 2.75) is 19.4 Å². The molecule has 1 amide bonds. The van der Waals surface area contributed by atoms with E-state index in [1.165, 1.54) is 6.08 Å². The number of nitrogens with zero attached hydrogens (tertiary/aromatic N) is 2. The second kappa shape index (κ2) is 7.01. The Morgan fingerprint density at radius 2 is 2.08 bits per heavy atom. The second-order valence-corrected chi connectivity index (χ2v) is 8.57. The first kappa shape index (κ1) is 17.7. The lowest BCUT2D eigenvalue weighted by molar-refractivity contribution is -0.111. The summed E-state index contributed by atoms with van der Waals surface area (Å²) in [6.07, 6.45) is 3.49. The first-order chi connectivity index (χ1) is 11.9. The highest BCUT2D eigenvalue weighted by atomic mass is 35.5. The van der Waals surface area contributed by atoms with Gasteiger partial charge in [0.25, 0.3) is 0 Å². The zero-order chi connectivity index (χ0) is 18.0. The number of benzene rings is 1. The van der Waals surface area contributed by atoms with E-state index in [0.717, 1.165) is 0 Å². The van der Waals surface area contributed by atoms with Gasteiger partial charge in [-0.3, -0.25) is 4.79 Å². The molecule has 0 spiro atoms. The predicted octanol–water partition coefficient (Wildman–Crippen LogP) is 2.86. The molecule has 1 saturated heterocycles. The van der Waals surface area contributed by atoms with Crippen molar-refractivity contribution in [3.63, 3.8) is 0 Å². The van der Waals surface area contributed by atoms with Crippen LogP contribution in [0.3, 0.4) is 0 Å². The standard InChI is InChI=1S/C17H18ClN3O3S/c1-12-15(7-8-16(22)19-13-5-3-2-4-6-13)17(18)21(20-12)14-9-10-25(23,24)11-14/h2-8,14H,9-11H2,1H3,(H,19,22)/b8-7+/t14-/m0/s1. The van der Waals surface area contributed by atoms with E-state index in [-0.39, 0.29) is 23.5 Å². The number of rotatable bonds is 4. The smallest absolute Gasteiger partial charge is 0.248 e. The van der Waals surface area contributed by atoms with Crippen molar-refractivity contribution < 1.29 is 13.2 Å². The summed E-state index contributed by atoms with van der Waals surface area (Å²) < 4.78 is 24.9. The molecule has 3 rings (SSSR count). The molecule has 1 fully saturated rings. The van der Waals surface area contributed by atoms with E-state index in [0.29, 0.717) is 28.5 Å². The number of nitrogens with one attached hydrogen (secondary N) is 1. The van der Waals surface area contributed by atoms with E-state index in [9.17, 15) is 13.2 Å². The van der Waals surface area contributed by atoms with Gasteiger partial charge in [0.2, 0.25) is 5.91 Å². The fourth-order valence-corrected chi connectivity index (χ4v) is 4.86. The Bertz CT molecular complexity index is 920. The highest BCUT2D eigenvalue weighted by Crippen LogP contribution is 2.30. The maximum Gasteiger partial charge on any atom is 0.248 e. The lowest BCUT2D eigenvalue weighted by atomic mass is 10.2. The lowest BCUT2D eigenvalue weighted by Gasteiger charge is -2.09. The van der Waals surface area contributed by atoms with Crippen molar-refractivity contribution in [2.75, 3.05) is 16.8 Å². The Balaban J connectivity index is 1.76. The van der Waals surface area contributed by atoms with E-state index in [4.69, 9.17) is 11.6 Å². The third kappa shape index (κ3) is 4.11. The van der Waals surface area contributed by atoms with Crippen molar-refractivity contribution in [2.24, 2.45) is 0 Å². The topological polar surface area (TPSA) is 81.1 Å². The summed E-state index contributed by atoms with van der Waals surface area (Å²) in [5.41, 5.74) is 1.97. The molecule has 6 nitrogen and oxygen atoms in total. The first-order valence-corrected chi connectivity index (χ1v) is 10.0. The van der Waals surface area contributed by atoms with E-state index in [1.54, 1.807) is 29.8 Å². The number of halogens is 1. The van der Waals surface area contributed by atoms with Crippen LogP contribution >= 0.6 is 11.6 Å². The maximum absolute atomic E-state index is 12.0. The number of para-hydroxylation sites is 1. The molecular weight excluding hydrogens is 362 g/mol. The molecule has 132 valence electrons. The van der Waals surface area contributed by atoms with Crippen LogP contribution in [0.15, 0.2) is 36.4 Å². The normalized spacial score (nSPS) is 19.4. The summed E-state index contributed by atoms with van der Waals surface area (Å²) in [6.45, 7) is 1.78. The number of aryl methyl sites for hydroxylation is 1. The molecular formula is C17H18ClN3O3S. The molecule has 0 aliphatic carbocycles. The van der Waals surface area contributed by atoms with Gasteiger partial charge in [-0.25, -0.2) is 13.1 Å². The van der Waals surface area contributed by atoms with E-state index >= 15 is 0 Å². The molecule has 1 aromatic carbocycles. The van der Waals surface area contributed by atoms with Gasteiger partial charge >= 0.3 is 0 Å². The number of carbonyl (C=O) groups excluding carboxylic acids is 1. The van der Waals surface area contributed by atoms with Crippen LogP contribution in [-0.4, -0.2) is 35.6 Å². The molecule has 1 N–H and O–H groups in total. The number of carbonyl (C=O) groups is 1. The van der Waals surface area contributed by atoms with Crippen LogP contribution in [0.2, 0.25) is 5.15 Å². The Hall–Kier alpha value is -2.12. The minimum Gasteiger partial charge on any atom is -0.323 e. The SMILES string of the molecule is Cc1nn([C@H]2CCS(=O)(=O)C2)c(Cl)c1/C=C/C(=O)Nc1ccccc1. The monoisotopic (exact) mass is 379 g/mol. The Labute approximate surface area is 151 Å². The zero-order valence-corrected chi connectivity index (χ0v) is 15.2. The van der Waals surface area contributed by atoms with Gasteiger partial charge in [-0.05, 0) is 31.6 Å². The van der Waals surface area contributed by atoms with Gasteiger partial charge in [0.1, 0.15) is 5.15 Å². The summed E-state index contributed by atoms with van der Waals surface area (Å²) in [4.78, 5) is 12.0. The summed E-state index contributed by atoms with van der Waals surface area (Å²) in [7, 11) is -3.03. The average Bonchev–Trinajstić information content (AvgIpc) is 3.06. The third-order valence-electron chi connectivity index (χ3n) is 4.07. The summed E-state index contributed by atoms with van der Waals surface area (Å²) in [6, 6.07) is 8.87. The lowest BCUT2D eigenvalue weighted by Crippen LogP contribution is -2.12. The summed E-state index contributed by atoms with van der Waals surface area (Å²) >= 11 is 6.37. The van der Waals surface area contributed by atoms with Crippen molar-refractivity contribution in [1.29, 1.82) is 0 Å². The molecule has 2 aromatic rings. The Morgan fingerprint density at radius 1 is 1.36 bits per heavy atom. The van der Waals surface area contributed by atoms with Gasteiger partial charge in [0.15, 0.2) is 9.84 Å². The van der Waals surface area contributed by atoms with Crippen LogP contribution in [0.25, 0.3) is 6.08 Å². The summed E-state index contributed by atoms with van der Waals surface area (Å²) in [5.74, 6) is -0.0823. The van der Waals surface area contributed by atoms with Gasteiger partial charge in [0.05, 0.1) is 23.2 Å². The average molecular weight is 380 g/mol. The number of anilines is 1. The molecule has 1 aliphatic heterocycles. The fourth-order valence-electron chi connectivity index (χ4n) is 2.80. The molecule has 0 saturated carbocycles. The number of aromatic nitrogens is 2. The van der Waals surface area contributed by atoms with Gasteiger partial charge in [-0.1, -0.05) is 29.8 Å². The van der Waals surface area contributed by atoms with Crippen LogP contribution in [0.5, 0.6) is 0 Å².